The monoisotopic (exact) mass is 522 g/mol. The van der Waals surface area contributed by atoms with E-state index < -0.39 is 0 Å². The molecule has 214 valence electrons. The quantitative estimate of drug-likeness (QED) is 0.257. The van der Waals surface area contributed by atoms with Gasteiger partial charge in [0.1, 0.15) is 11.5 Å². The molecule has 2 unspecified atom stereocenters. The molecule has 2 N–H and O–H groups in total. The maximum Gasteiger partial charge on any atom is 0.127 e. The maximum atomic E-state index is 11.7. The van der Waals surface area contributed by atoms with Gasteiger partial charge in [-0.1, -0.05) is 133 Å². The fourth-order valence-electron chi connectivity index (χ4n) is 5.52. The first-order chi connectivity index (χ1) is 17.7. The standard InChI is InChI=1S/C36H58O2/c1-11-13-15-17-19-25(3)27-21-29(33(37)31(23-27)35(5,6)7)30-22-28(26(4)20-18-16-14-12-2)24-32(34(30)38)36(8,9)10/h21-26,37-38H,11-20H2,1-10H3. The fraction of sp³-hybridized carbons (Fsp3) is 0.667. The van der Waals surface area contributed by atoms with Crippen LogP contribution in [0.25, 0.3) is 11.1 Å². The molecule has 0 radical (unpaired) electrons. The first kappa shape index (κ1) is 32.3. The Morgan fingerprint density at radius 3 is 1.18 bits per heavy atom. The summed E-state index contributed by atoms with van der Waals surface area (Å²) in [6.07, 6.45) is 12.3. The molecule has 0 fully saturated rings. The molecule has 0 aliphatic carbocycles. The molecule has 0 bridgehead atoms. The van der Waals surface area contributed by atoms with Crippen LogP contribution in [0.2, 0.25) is 0 Å². The Hall–Kier alpha value is -1.96. The molecule has 0 saturated carbocycles. The highest BCUT2D eigenvalue weighted by Crippen LogP contribution is 2.47. The fourth-order valence-corrected chi connectivity index (χ4v) is 5.52. The van der Waals surface area contributed by atoms with Gasteiger partial charge >= 0.3 is 0 Å². The molecule has 38 heavy (non-hydrogen) atoms. The molecule has 2 nitrogen and oxygen atoms in total. The summed E-state index contributed by atoms with van der Waals surface area (Å²) in [7, 11) is 0. The van der Waals surface area contributed by atoms with Gasteiger partial charge in [-0.05, 0) is 58.8 Å². The minimum absolute atomic E-state index is 0.205. The highest BCUT2D eigenvalue weighted by molar-refractivity contribution is 5.80. The number of phenolic OH excluding ortho intramolecular Hbond substituents is 2. The van der Waals surface area contributed by atoms with E-state index in [1.165, 1.54) is 62.5 Å². The number of benzene rings is 2. The summed E-state index contributed by atoms with van der Waals surface area (Å²) in [6.45, 7) is 22.1. The second kappa shape index (κ2) is 13.9. The molecule has 0 heterocycles. The Morgan fingerprint density at radius 1 is 0.553 bits per heavy atom. The lowest BCUT2D eigenvalue weighted by Gasteiger charge is -2.28. The average molecular weight is 523 g/mol. The van der Waals surface area contributed by atoms with Crippen molar-refractivity contribution in [3.63, 3.8) is 0 Å². The van der Waals surface area contributed by atoms with Crippen LogP contribution in [-0.2, 0) is 10.8 Å². The molecule has 0 amide bonds. The molecular formula is C36H58O2. The van der Waals surface area contributed by atoms with Crippen LogP contribution >= 0.6 is 0 Å². The summed E-state index contributed by atoms with van der Waals surface area (Å²) >= 11 is 0. The van der Waals surface area contributed by atoms with E-state index in [0.717, 1.165) is 35.1 Å². The van der Waals surface area contributed by atoms with Gasteiger partial charge in [0, 0.05) is 22.3 Å². The Labute approximate surface area is 235 Å². The highest BCUT2D eigenvalue weighted by atomic mass is 16.3. The largest absolute Gasteiger partial charge is 0.507 e. The van der Waals surface area contributed by atoms with Crippen molar-refractivity contribution in [1.29, 1.82) is 0 Å². The molecule has 2 atom stereocenters. The maximum absolute atomic E-state index is 11.7. The first-order valence-electron chi connectivity index (χ1n) is 15.5. The smallest absolute Gasteiger partial charge is 0.127 e. The SMILES string of the molecule is CCCCCCC(C)c1cc(-c2cc(C(C)CCCCCC)cc(C(C)(C)C)c2O)c(O)c(C(C)(C)C)c1. The molecule has 0 aromatic heterocycles. The zero-order valence-corrected chi connectivity index (χ0v) is 26.4. The summed E-state index contributed by atoms with van der Waals surface area (Å²) in [4.78, 5) is 0. The summed E-state index contributed by atoms with van der Waals surface area (Å²) in [5.74, 6) is 1.42. The lowest BCUT2D eigenvalue weighted by Crippen LogP contribution is -2.14. The van der Waals surface area contributed by atoms with Gasteiger partial charge in [-0.25, -0.2) is 0 Å². The van der Waals surface area contributed by atoms with Crippen molar-refractivity contribution in [3.05, 3.63) is 46.5 Å². The van der Waals surface area contributed by atoms with E-state index in [2.05, 4.69) is 93.5 Å². The zero-order valence-electron chi connectivity index (χ0n) is 26.4. The van der Waals surface area contributed by atoms with Crippen LogP contribution in [0.4, 0.5) is 0 Å². The van der Waals surface area contributed by atoms with Gasteiger partial charge in [0.05, 0.1) is 0 Å². The third-order valence-corrected chi connectivity index (χ3v) is 8.29. The van der Waals surface area contributed by atoms with Gasteiger partial charge in [-0.15, -0.1) is 0 Å². The number of unbranched alkanes of at least 4 members (excludes halogenated alkanes) is 6. The van der Waals surface area contributed by atoms with Crippen molar-refractivity contribution < 1.29 is 10.2 Å². The number of hydrogen-bond acceptors (Lipinski definition) is 2. The number of hydrogen-bond donors (Lipinski definition) is 2. The molecular weight excluding hydrogens is 464 g/mol. The van der Waals surface area contributed by atoms with Gasteiger partial charge in [0.25, 0.3) is 0 Å². The third-order valence-electron chi connectivity index (χ3n) is 8.29. The summed E-state index contributed by atoms with van der Waals surface area (Å²) in [5, 5.41) is 23.3. The Morgan fingerprint density at radius 2 is 0.895 bits per heavy atom. The lowest BCUT2D eigenvalue weighted by atomic mass is 9.78. The van der Waals surface area contributed by atoms with Crippen molar-refractivity contribution >= 4 is 0 Å². The predicted molar refractivity (Wildman–Crippen MR) is 167 cm³/mol. The van der Waals surface area contributed by atoms with Crippen molar-refractivity contribution in [2.45, 2.75) is 156 Å². The minimum Gasteiger partial charge on any atom is -0.507 e. The summed E-state index contributed by atoms with van der Waals surface area (Å²) in [6, 6.07) is 8.75. The summed E-state index contributed by atoms with van der Waals surface area (Å²) < 4.78 is 0. The molecule has 2 aromatic carbocycles. The Bertz CT molecular complexity index is 936. The van der Waals surface area contributed by atoms with Crippen molar-refractivity contribution in [2.24, 2.45) is 0 Å². The predicted octanol–water partition coefficient (Wildman–Crippen LogP) is 11.5. The van der Waals surface area contributed by atoms with E-state index in [4.69, 9.17) is 0 Å². The lowest BCUT2D eigenvalue weighted by molar-refractivity contribution is 0.439. The third kappa shape index (κ3) is 8.52. The molecule has 2 heteroatoms. The average Bonchev–Trinajstić information content (AvgIpc) is 2.83. The first-order valence-corrected chi connectivity index (χ1v) is 15.5. The molecule has 0 aliphatic heterocycles. The number of aromatic hydroxyl groups is 2. The number of phenols is 2. The zero-order chi connectivity index (χ0) is 28.7. The topological polar surface area (TPSA) is 40.5 Å². The van der Waals surface area contributed by atoms with Crippen LogP contribution < -0.4 is 0 Å². The minimum atomic E-state index is -0.205. The van der Waals surface area contributed by atoms with Crippen molar-refractivity contribution in [2.75, 3.05) is 0 Å². The molecule has 0 aliphatic rings. The van der Waals surface area contributed by atoms with Gasteiger partial charge in [0.15, 0.2) is 0 Å². The van der Waals surface area contributed by atoms with E-state index in [1.807, 2.05) is 0 Å². The second-order valence-corrected chi connectivity index (χ2v) is 13.9. The van der Waals surface area contributed by atoms with Gasteiger partial charge in [-0.3, -0.25) is 0 Å². The highest BCUT2D eigenvalue weighted by Gasteiger charge is 2.28. The van der Waals surface area contributed by atoms with Crippen LogP contribution in [-0.4, -0.2) is 10.2 Å². The van der Waals surface area contributed by atoms with Crippen molar-refractivity contribution in [1.82, 2.24) is 0 Å². The van der Waals surface area contributed by atoms with Crippen molar-refractivity contribution in [3.8, 4) is 22.6 Å². The van der Waals surface area contributed by atoms with E-state index in [-0.39, 0.29) is 10.8 Å². The second-order valence-electron chi connectivity index (χ2n) is 13.9. The van der Waals surface area contributed by atoms with Gasteiger partial charge in [0.2, 0.25) is 0 Å². The van der Waals surface area contributed by atoms with Crippen LogP contribution in [0.15, 0.2) is 24.3 Å². The normalized spacial score (nSPS) is 14.1. The summed E-state index contributed by atoms with van der Waals surface area (Å²) in [5.41, 5.74) is 5.57. The van der Waals surface area contributed by atoms with E-state index >= 15 is 0 Å². The molecule has 0 saturated heterocycles. The number of rotatable bonds is 13. The van der Waals surface area contributed by atoms with E-state index in [1.54, 1.807) is 0 Å². The Kier molecular flexibility index (Phi) is 11.8. The molecule has 0 spiro atoms. The van der Waals surface area contributed by atoms with Crippen LogP contribution in [0, 0.1) is 0 Å². The van der Waals surface area contributed by atoms with E-state index in [0.29, 0.717) is 23.3 Å². The molecule has 2 aromatic rings. The van der Waals surface area contributed by atoms with Crippen LogP contribution in [0.3, 0.4) is 0 Å². The van der Waals surface area contributed by atoms with Gasteiger partial charge < -0.3 is 10.2 Å². The van der Waals surface area contributed by atoms with Crippen LogP contribution in [0.1, 0.15) is 168 Å². The van der Waals surface area contributed by atoms with E-state index in [9.17, 15) is 10.2 Å². The van der Waals surface area contributed by atoms with Crippen LogP contribution in [0.5, 0.6) is 11.5 Å². The molecule has 2 rings (SSSR count). The Balaban J connectivity index is 2.68. The van der Waals surface area contributed by atoms with Gasteiger partial charge in [-0.2, -0.15) is 0 Å².